The van der Waals surface area contributed by atoms with E-state index in [9.17, 15) is 4.79 Å². The number of methoxy groups -OCH3 is 1. The van der Waals surface area contributed by atoms with Gasteiger partial charge in [-0.3, -0.25) is 0 Å². The molecule has 5 nitrogen and oxygen atoms in total. The number of carbonyl (C=O) groups is 1. The van der Waals surface area contributed by atoms with Gasteiger partial charge in [0.2, 0.25) is 5.88 Å². The van der Waals surface area contributed by atoms with Crippen LogP contribution in [0.1, 0.15) is 31.4 Å². The van der Waals surface area contributed by atoms with Gasteiger partial charge < -0.3 is 15.0 Å². The number of nitrogens with one attached hydrogen (secondary N) is 1. The van der Waals surface area contributed by atoms with Crippen molar-refractivity contribution < 1.29 is 9.53 Å². The second-order valence-corrected chi connectivity index (χ2v) is 6.93. The van der Waals surface area contributed by atoms with Crippen LogP contribution in [0.15, 0.2) is 48.2 Å². The number of nitrogens with zero attached hydrogens (tertiary/aromatic N) is 2. The Kier molecular flexibility index (Phi) is 6.12. The van der Waals surface area contributed by atoms with Crippen molar-refractivity contribution in [3.8, 4) is 5.88 Å². The largest absolute Gasteiger partial charge is 0.481 e. The van der Waals surface area contributed by atoms with Crippen LogP contribution in [0.25, 0.3) is 6.08 Å². The average Bonchev–Trinajstić information content (AvgIpc) is 2.70. The topological polar surface area (TPSA) is 54.5 Å². The molecular weight excluding hydrogens is 338 g/mol. The standard InChI is InChI=1S/C22H27N3O2/c1-4-17-6-5-7-18(12-17)13-19-10-11-25(15-16(19)2)22(26)24-20-8-9-21(27-3)23-14-20/h5-9,12-14,16H,4,10-11,15H2,1-3H3,(H,24,26). The summed E-state index contributed by atoms with van der Waals surface area (Å²) in [5, 5.41) is 2.91. The van der Waals surface area contributed by atoms with Gasteiger partial charge in [-0.2, -0.15) is 0 Å². The molecule has 2 heterocycles. The number of pyridine rings is 1. The number of piperidine rings is 1. The van der Waals surface area contributed by atoms with Crippen LogP contribution < -0.4 is 10.1 Å². The second-order valence-electron chi connectivity index (χ2n) is 6.93. The molecule has 0 saturated carbocycles. The number of hydrogen-bond acceptors (Lipinski definition) is 3. The Balaban J connectivity index is 1.61. The maximum Gasteiger partial charge on any atom is 0.321 e. The van der Waals surface area contributed by atoms with Crippen molar-refractivity contribution in [1.82, 2.24) is 9.88 Å². The van der Waals surface area contributed by atoms with Crippen LogP contribution in [0.5, 0.6) is 5.88 Å². The van der Waals surface area contributed by atoms with Crippen molar-refractivity contribution in [2.75, 3.05) is 25.5 Å². The first-order valence-corrected chi connectivity index (χ1v) is 9.44. The number of aryl methyl sites for hydroxylation is 1. The highest BCUT2D eigenvalue weighted by atomic mass is 16.5. The number of ether oxygens (including phenoxy) is 1. The van der Waals surface area contributed by atoms with E-state index in [4.69, 9.17) is 4.74 Å². The zero-order chi connectivity index (χ0) is 19.2. The molecule has 0 radical (unpaired) electrons. The van der Waals surface area contributed by atoms with E-state index in [0.29, 0.717) is 24.0 Å². The highest BCUT2D eigenvalue weighted by Gasteiger charge is 2.24. The van der Waals surface area contributed by atoms with Gasteiger partial charge in [-0.25, -0.2) is 9.78 Å². The number of rotatable bonds is 4. The van der Waals surface area contributed by atoms with Gasteiger partial charge in [0.15, 0.2) is 0 Å². The van der Waals surface area contributed by atoms with E-state index in [2.05, 4.69) is 54.5 Å². The minimum absolute atomic E-state index is 0.0825. The van der Waals surface area contributed by atoms with E-state index in [0.717, 1.165) is 19.4 Å². The summed E-state index contributed by atoms with van der Waals surface area (Å²) in [4.78, 5) is 18.5. The predicted octanol–water partition coefficient (Wildman–Crippen LogP) is 4.61. The Morgan fingerprint density at radius 3 is 2.89 bits per heavy atom. The van der Waals surface area contributed by atoms with Crippen LogP contribution >= 0.6 is 0 Å². The Labute approximate surface area is 161 Å². The highest BCUT2D eigenvalue weighted by Crippen LogP contribution is 2.26. The highest BCUT2D eigenvalue weighted by molar-refractivity contribution is 5.89. The number of aromatic nitrogens is 1. The number of hydrogen-bond donors (Lipinski definition) is 1. The number of benzene rings is 1. The smallest absolute Gasteiger partial charge is 0.321 e. The average molecular weight is 365 g/mol. The first-order chi connectivity index (χ1) is 13.1. The van der Waals surface area contributed by atoms with E-state index >= 15 is 0 Å². The molecule has 3 rings (SSSR count). The lowest BCUT2D eigenvalue weighted by Crippen LogP contribution is -2.42. The van der Waals surface area contributed by atoms with Crippen LogP contribution in [0.4, 0.5) is 10.5 Å². The molecule has 1 N–H and O–H groups in total. The Hall–Kier alpha value is -2.82. The zero-order valence-electron chi connectivity index (χ0n) is 16.2. The lowest BCUT2D eigenvalue weighted by molar-refractivity contribution is 0.198. The van der Waals surface area contributed by atoms with Crippen LogP contribution in [0.2, 0.25) is 0 Å². The molecule has 0 bridgehead atoms. The summed E-state index contributed by atoms with van der Waals surface area (Å²) in [6.45, 7) is 5.79. The summed E-state index contributed by atoms with van der Waals surface area (Å²) >= 11 is 0. The Morgan fingerprint density at radius 1 is 1.37 bits per heavy atom. The predicted molar refractivity (Wildman–Crippen MR) is 109 cm³/mol. The number of amides is 2. The van der Waals surface area contributed by atoms with Crippen LogP contribution in [0, 0.1) is 5.92 Å². The molecule has 1 aromatic carbocycles. The molecule has 5 heteroatoms. The molecule has 1 saturated heterocycles. The summed E-state index contributed by atoms with van der Waals surface area (Å²) in [6, 6.07) is 12.1. The zero-order valence-corrected chi connectivity index (χ0v) is 16.2. The summed E-state index contributed by atoms with van der Waals surface area (Å²) in [7, 11) is 1.57. The lowest BCUT2D eigenvalue weighted by Gasteiger charge is -2.33. The second kappa shape index (κ2) is 8.71. The Bertz CT molecular complexity index is 815. The first kappa shape index (κ1) is 19.0. The van der Waals surface area contributed by atoms with Crippen LogP contribution in [-0.2, 0) is 6.42 Å². The molecule has 0 aliphatic carbocycles. The van der Waals surface area contributed by atoms with Crippen LogP contribution in [0.3, 0.4) is 0 Å². The van der Waals surface area contributed by atoms with Gasteiger partial charge in [0, 0.05) is 19.2 Å². The summed E-state index contributed by atoms with van der Waals surface area (Å²) in [5.41, 5.74) is 4.67. The molecule has 27 heavy (non-hydrogen) atoms. The molecule has 142 valence electrons. The summed E-state index contributed by atoms with van der Waals surface area (Å²) < 4.78 is 5.04. The maximum atomic E-state index is 12.6. The van der Waals surface area contributed by atoms with Crippen molar-refractivity contribution in [1.29, 1.82) is 0 Å². The number of anilines is 1. The summed E-state index contributed by atoms with van der Waals surface area (Å²) in [6.07, 6.45) is 5.83. The van der Waals surface area contributed by atoms with Crippen LogP contribution in [-0.4, -0.2) is 36.1 Å². The van der Waals surface area contributed by atoms with E-state index < -0.39 is 0 Å². The van der Waals surface area contributed by atoms with Gasteiger partial charge in [-0.05, 0) is 36.0 Å². The van der Waals surface area contributed by atoms with E-state index in [1.165, 1.54) is 16.7 Å². The van der Waals surface area contributed by atoms with Gasteiger partial charge in [0.1, 0.15) is 0 Å². The van der Waals surface area contributed by atoms with Gasteiger partial charge in [0.25, 0.3) is 0 Å². The normalized spacial score (nSPS) is 18.4. The van der Waals surface area contributed by atoms with E-state index in [1.807, 2.05) is 4.90 Å². The molecule has 1 aliphatic rings. The molecule has 1 unspecified atom stereocenters. The number of urea groups is 1. The fourth-order valence-corrected chi connectivity index (χ4v) is 3.34. The van der Waals surface area contributed by atoms with Gasteiger partial charge in [-0.1, -0.05) is 49.8 Å². The third-order valence-electron chi connectivity index (χ3n) is 4.99. The van der Waals surface area contributed by atoms with Crippen molar-refractivity contribution in [3.63, 3.8) is 0 Å². The monoisotopic (exact) mass is 365 g/mol. The first-order valence-electron chi connectivity index (χ1n) is 9.44. The summed E-state index contributed by atoms with van der Waals surface area (Å²) in [5.74, 6) is 0.866. The molecule has 0 spiro atoms. The Morgan fingerprint density at radius 2 is 2.22 bits per heavy atom. The third kappa shape index (κ3) is 4.88. The van der Waals surface area contributed by atoms with Gasteiger partial charge >= 0.3 is 6.03 Å². The molecule has 1 fully saturated rings. The molecular formula is C22H27N3O2. The van der Waals surface area contributed by atoms with E-state index in [1.54, 1.807) is 25.4 Å². The molecule has 1 aliphatic heterocycles. The van der Waals surface area contributed by atoms with Crippen molar-refractivity contribution in [3.05, 3.63) is 59.3 Å². The molecule has 1 atom stereocenters. The SMILES string of the molecule is CCc1cccc(C=C2CCN(C(=O)Nc3ccc(OC)nc3)CC2C)c1. The van der Waals surface area contributed by atoms with E-state index in [-0.39, 0.29) is 6.03 Å². The maximum absolute atomic E-state index is 12.6. The third-order valence-corrected chi connectivity index (χ3v) is 4.99. The lowest BCUT2D eigenvalue weighted by atomic mass is 9.91. The minimum atomic E-state index is -0.0825. The molecule has 2 aromatic rings. The fraction of sp³-hybridized carbons (Fsp3) is 0.364. The number of likely N-dealkylation sites (tertiary alicyclic amines) is 1. The van der Waals surface area contributed by atoms with Crippen molar-refractivity contribution >= 4 is 17.8 Å². The fourth-order valence-electron chi connectivity index (χ4n) is 3.34. The van der Waals surface area contributed by atoms with Crippen molar-refractivity contribution in [2.45, 2.75) is 26.7 Å². The number of carbonyl (C=O) groups excluding carboxylic acids is 1. The van der Waals surface area contributed by atoms with Gasteiger partial charge in [-0.15, -0.1) is 0 Å². The van der Waals surface area contributed by atoms with Crippen molar-refractivity contribution in [2.24, 2.45) is 5.92 Å². The molecule has 2 amide bonds. The quantitative estimate of drug-likeness (QED) is 0.861. The van der Waals surface area contributed by atoms with Gasteiger partial charge in [0.05, 0.1) is 19.0 Å². The molecule has 1 aromatic heterocycles. The minimum Gasteiger partial charge on any atom is -0.481 e.